The fourth-order valence-electron chi connectivity index (χ4n) is 1.05. The molecule has 0 bridgehead atoms. The summed E-state index contributed by atoms with van der Waals surface area (Å²) in [4.78, 5) is 21.9. The van der Waals surface area contributed by atoms with Gasteiger partial charge >= 0.3 is 5.97 Å². The van der Waals surface area contributed by atoms with Crippen LogP contribution in [0.3, 0.4) is 0 Å². The topological polar surface area (TPSA) is 55.4 Å². The Kier molecular flexibility index (Phi) is 3.68. The van der Waals surface area contributed by atoms with Crippen molar-refractivity contribution in [3.05, 3.63) is 28.8 Å². The third kappa shape index (κ3) is 2.95. The van der Waals surface area contributed by atoms with Crippen LogP contribution in [-0.4, -0.2) is 19.0 Å². The summed E-state index contributed by atoms with van der Waals surface area (Å²) in [6.45, 7) is 1.38. The van der Waals surface area contributed by atoms with E-state index in [1.165, 1.54) is 26.2 Å². The van der Waals surface area contributed by atoms with Crippen LogP contribution in [0.25, 0.3) is 0 Å². The van der Waals surface area contributed by atoms with Gasteiger partial charge in [0.2, 0.25) is 5.91 Å². The summed E-state index contributed by atoms with van der Waals surface area (Å²) >= 11 is 5.85. The molecule has 80 valence electrons. The van der Waals surface area contributed by atoms with E-state index in [0.717, 1.165) is 0 Å². The van der Waals surface area contributed by atoms with Crippen molar-refractivity contribution in [1.82, 2.24) is 0 Å². The van der Waals surface area contributed by atoms with Crippen molar-refractivity contribution in [2.24, 2.45) is 0 Å². The first kappa shape index (κ1) is 11.5. The second-order valence-corrected chi connectivity index (χ2v) is 3.27. The smallest absolute Gasteiger partial charge is 0.337 e. The number of carbonyl (C=O) groups excluding carboxylic acids is 2. The molecular formula is C10H10ClNO3. The molecule has 0 fully saturated rings. The number of hydrogen-bond acceptors (Lipinski definition) is 3. The highest BCUT2D eigenvalue weighted by Crippen LogP contribution is 2.23. The Labute approximate surface area is 92.2 Å². The zero-order chi connectivity index (χ0) is 11.4. The van der Waals surface area contributed by atoms with E-state index in [0.29, 0.717) is 16.3 Å². The quantitative estimate of drug-likeness (QED) is 0.787. The number of methoxy groups -OCH3 is 1. The summed E-state index contributed by atoms with van der Waals surface area (Å²) in [5.41, 5.74) is 0.813. The van der Waals surface area contributed by atoms with E-state index in [4.69, 9.17) is 11.6 Å². The van der Waals surface area contributed by atoms with E-state index < -0.39 is 5.97 Å². The normalized spacial score (nSPS) is 9.53. The first-order chi connectivity index (χ1) is 7.04. The van der Waals surface area contributed by atoms with Crippen molar-refractivity contribution in [2.75, 3.05) is 12.4 Å². The van der Waals surface area contributed by atoms with Gasteiger partial charge in [0.05, 0.1) is 23.4 Å². The molecule has 0 saturated carbocycles. The molecule has 0 aliphatic carbocycles. The highest BCUT2D eigenvalue weighted by Gasteiger charge is 2.08. The maximum Gasteiger partial charge on any atom is 0.337 e. The standard InChI is InChI=1S/C10H10ClNO3/c1-6(13)12-9-4-3-7(5-8(9)11)10(14)15-2/h3-5H,1-2H3,(H,12,13). The predicted molar refractivity (Wildman–Crippen MR) is 57.1 cm³/mol. The van der Waals surface area contributed by atoms with Crippen molar-refractivity contribution in [3.8, 4) is 0 Å². The number of carbonyl (C=O) groups is 2. The van der Waals surface area contributed by atoms with Crippen LogP contribution < -0.4 is 5.32 Å². The van der Waals surface area contributed by atoms with Crippen LogP contribution in [0.15, 0.2) is 18.2 Å². The Morgan fingerprint density at radius 2 is 2.07 bits per heavy atom. The molecule has 1 N–H and O–H groups in total. The lowest BCUT2D eigenvalue weighted by Crippen LogP contribution is -2.07. The van der Waals surface area contributed by atoms with Crippen LogP contribution >= 0.6 is 11.6 Å². The molecule has 0 aliphatic heterocycles. The summed E-state index contributed by atoms with van der Waals surface area (Å²) in [5, 5.41) is 2.83. The van der Waals surface area contributed by atoms with Crippen LogP contribution in [-0.2, 0) is 9.53 Å². The minimum Gasteiger partial charge on any atom is -0.465 e. The van der Waals surface area contributed by atoms with E-state index in [-0.39, 0.29) is 5.91 Å². The summed E-state index contributed by atoms with van der Waals surface area (Å²) in [5.74, 6) is -0.686. The second-order valence-electron chi connectivity index (χ2n) is 2.87. The van der Waals surface area contributed by atoms with Gasteiger partial charge in [-0.15, -0.1) is 0 Å². The van der Waals surface area contributed by atoms with Gasteiger partial charge in [-0.2, -0.15) is 0 Å². The maximum atomic E-state index is 11.1. The Hall–Kier alpha value is -1.55. The largest absolute Gasteiger partial charge is 0.465 e. The minimum atomic E-state index is -0.466. The number of amides is 1. The number of nitrogens with one attached hydrogen (secondary N) is 1. The molecule has 4 nitrogen and oxygen atoms in total. The van der Waals surface area contributed by atoms with Gasteiger partial charge in [-0.3, -0.25) is 4.79 Å². The van der Waals surface area contributed by atoms with Crippen LogP contribution in [0.2, 0.25) is 5.02 Å². The lowest BCUT2D eigenvalue weighted by Gasteiger charge is -2.06. The third-order valence-electron chi connectivity index (χ3n) is 1.70. The van der Waals surface area contributed by atoms with Crippen molar-refractivity contribution in [3.63, 3.8) is 0 Å². The van der Waals surface area contributed by atoms with E-state index in [1.54, 1.807) is 6.07 Å². The molecule has 0 atom stereocenters. The first-order valence-corrected chi connectivity index (χ1v) is 4.58. The van der Waals surface area contributed by atoms with Crippen LogP contribution in [0.4, 0.5) is 5.69 Å². The molecule has 15 heavy (non-hydrogen) atoms. The fraction of sp³-hybridized carbons (Fsp3) is 0.200. The minimum absolute atomic E-state index is 0.220. The van der Waals surface area contributed by atoms with Gasteiger partial charge in [-0.05, 0) is 18.2 Å². The molecule has 0 spiro atoms. The zero-order valence-electron chi connectivity index (χ0n) is 8.33. The number of esters is 1. The number of halogens is 1. The van der Waals surface area contributed by atoms with Gasteiger partial charge in [0, 0.05) is 6.92 Å². The maximum absolute atomic E-state index is 11.1. The Balaban J connectivity index is 2.97. The lowest BCUT2D eigenvalue weighted by atomic mass is 10.2. The Morgan fingerprint density at radius 3 is 2.53 bits per heavy atom. The third-order valence-corrected chi connectivity index (χ3v) is 2.01. The average molecular weight is 228 g/mol. The van der Waals surface area contributed by atoms with Gasteiger partial charge in [0.25, 0.3) is 0 Å². The predicted octanol–water partition coefficient (Wildman–Crippen LogP) is 2.08. The second kappa shape index (κ2) is 4.79. The van der Waals surface area contributed by atoms with Gasteiger partial charge in [-0.25, -0.2) is 4.79 Å². The number of anilines is 1. The summed E-state index contributed by atoms with van der Waals surface area (Å²) < 4.78 is 4.53. The molecule has 1 aromatic carbocycles. The van der Waals surface area contributed by atoms with Crippen molar-refractivity contribution in [1.29, 1.82) is 0 Å². The van der Waals surface area contributed by atoms with E-state index in [2.05, 4.69) is 10.1 Å². The summed E-state index contributed by atoms with van der Waals surface area (Å²) in [7, 11) is 1.29. The Bertz CT molecular complexity index is 404. The molecule has 0 heterocycles. The number of rotatable bonds is 2. The fourth-order valence-corrected chi connectivity index (χ4v) is 1.28. The first-order valence-electron chi connectivity index (χ1n) is 4.20. The van der Waals surface area contributed by atoms with E-state index in [9.17, 15) is 9.59 Å². The molecule has 0 aliphatic rings. The SMILES string of the molecule is COC(=O)c1ccc(NC(C)=O)c(Cl)c1. The van der Waals surface area contributed by atoms with Crippen molar-refractivity contribution < 1.29 is 14.3 Å². The molecule has 0 aromatic heterocycles. The van der Waals surface area contributed by atoms with Gasteiger partial charge in [0.15, 0.2) is 0 Å². The van der Waals surface area contributed by atoms with Gasteiger partial charge in [-0.1, -0.05) is 11.6 Å². The number of ether oxygens (including phenoxy) is 1. The number of hydrogen-bond donors (Lipinski definition) is 1. The summed E-state index contributed by atoms with van der Waals surface area (Å²) in [6.07, 6.45) is 0. The van der Waals surface area contributed by atoms with Crippen LogP contribution in [0.5, 0.6) is 0 Å². The number of benzene rings is 1. The molecule has 0 saturated heterocycles. The highest BCUT2D eigenvalue weighted by molar-refractivity contribution is 6.34. The van der Waals surface area contributed by atoms with Gasteiger partial charge < -0.3 is 10.1 Å². The average Bonchev–Trinajstić information content (AvgIpc) is 2.19. The monoisotopic (exact) mass is 227 g/mol. The van der Waals surface area contributed by atoms with E-state index >= 15 is 0 Å². The molecule has 5 heteroatoms. The molecular weight excluding hydrogens is 218 g/mol. The van der Waals surface area contributed by atoms with E-state index in [1.807, 2.05) is 0 Å². The Morgan fingerprint density at radius 1 is 1.40 bits per heavy atom. The van der Waals surface area contributed by atoms with Crippen LogP contribution in [0, 0.1) is 0 Å². The highest BCUT2D eigenvalue weighted by atomic mass is 35.5. The summed E-state index contributed by atoms with van der Waals surface area (Å²) in [6, 6.07) is 4.53. The molecule has 1 amide bonds. The molecule has 1 rings (SSSR count). The zero-order valence-corrected chi connectivity index (χ0v) is 9.09. The molecule has 1 aromatic rings. The van der Waals surface area contributed by atoms with Crippen LogP contribution in [0.1, 0.15) is 17.3 Å². The molecule has 0 unspecified atom stereocenters. The van der Waals surface area contributed by atoms with Gasteiger partial charge in [0.1, 0.15) is 0 Å². The van der Waals surface area contributed by atoms with Crippen molar-refractivity contribution in [2.45, 2.75) is 6.92 Å². The lowest BCUT2D eigenvalue weighted by molar-refractivity contribution is -0.114. The molecule has 0 radical (unpaired) electrons. The van der Waals surface area contributed by atoms with Crippen molar-refractivity contribution >= 4 is 29.2 Å².